The van der Waals surface area contributed by atoms with Gasteiger partial charge < -0.3 is 14.0 Å². The molecule has 0 spiro atoms. The summed E-state index contributed by atoms with van der Waals surface area (Å²) in [5, 5.41) is 13.0. The smallest absolute Gasteiger partial charge is 0.241 e. The SMILES string of the molecule is OCC1CCN(Cc2nc(-c3ccoc3)no2)C1. The second-order valence-electron chi connectivity index (χ2n) is 4.60. The van der Waals surface area contributed by atoms with Crippen molar-refractivity contribution < 1.29 is 14.0 Å². The summed E-state index contributed by atoms with van der Waals surface area (Å²) in [5.41, 5.74) is 0.819. The Labute approximate surface area is 104 Å². The molecular weight excluding hydrogens is 234 g/mol. The molecule has 96 valence electrons. The van der Waals surface area contributed by atoms with Crippen LogP contribution >= 0.6 is 0 Å². The highest BCUT2D eigenvalue weighted by Crippen LogP contribution is 2.20. The Morgan fingerprint density at radius 1 is 1.50 bits per heavy atom. The predicted molar refractivity (Wildman–Crippen MR) is 62.5 cm³/mol. The van der Waals surface area contributed by atoms with Crippen LogP contribution in [0.15, 0.2) is 27.5 Å². The normalized spacial score (nSPS) is 20.6. The Morgan fingerprint density at radius 3 is 3.17 bits per heavy atom. The predicted octanol–water partition coefficient (Wildman–Crippen LogP) is 1.14. The summed E-state index contributed by atoms with van der Waals surface area (Å²) < 4.78 is 10.2. The molecule has 0 radical (unpaired) electrons. The standard InChI is InChI=1S/C12H15N3O3/c16-7-9-1-3-15(5-9)6-11-13-12(14-18-11)10-2-4-17-8-10/h2,4,8-9,16H,1,3,5-7H2. The summed E-state index contributed by atoms with van der Waals surface area (Å²) in [6, 6.07) is 1.80. The maximum atomic E-state index is 9.09. The van der Waals surface area contributed by atoms with Crippen LogP contribution in [0.1, 0.15) is 12.3 Å². The molecule has 1 N–H and O–H groups in total. The van der Waals surface area contributed by atoms with E-state index in [-0.39, 0.29) is 6.61 Å². The molecule has 2 aromatic heterocycles. The lowest BCUT2D eigenvalue weighted by molar-refractivity contribution is 0.211. The average molecular weight is 249 g/mol. The van der Waals surface area contributed by atoms with Crippen molar-refractivity contribution in [2.75, 3.05) is 19.7 Å². The average Bonchev–Trinajstić information content (AvgIpc) is 3.10. The zero-order chi connectivity index (χ0) is 12.4. The van der Waals surface area contributed by atoms with Crippen molar-refractivity contribution in [3.8, 4) is 11.4 Å². The molecule has 0 saturated carbocycles. The second kappa shape index (κ2) is 4.91. The van der Waals surface area contributed by atoms with Crippen LogP contribution in [0.3, 0.4) is 0 Å². The highest BCUT2D eigenvalue weighted by Gasteiger charge is 2.23. The topological polar surface area (TPSA) is 75.5 Å². The van der Waals surface area contributed by atoms with Gasteiger partial charge in [-0.3, -0.25) is 4.90 Å². The van der Waals surface area contributed by atoms with Crippen molar-refractivity contribution in [1.82, 2.24) is 15.0 Å². The molecule has 1 unspecified atom stereocenters. The van der Waals surface area contributed by atoms with Gasteiger partial charge in [-0.25, -0.2) is 0 Å². The van der Waals surface area contributed by atoms with E-state index in [1.54, 1.807) is 18.6 Å². The fourth-order valence-corrected chi connectivity index (χ4v) is 2.22. The molecule has 18 heavy (non-hydrogen) atoms. The molecule has 0 amide bonds. The van der Waals surface area contributed by atoms with Gasteiger partial charge in [0.05, 0.1) is 18.4 Å². The van der Waals surface area contributed by atoms with E-state index in [2.05, 4.69) is 15.0 Å². The first kappa shape index (κ1) is 11.4. The van der Waals surface area contributed by atoms with Crippen molar-refractivity contribution in [2.45, 2.75) is 13.0 Å². The zero-order valence-corrected chi connectivity index (χ0v) is 9.95. The van der Waals surface area contributed by atoms with E-state index >= 15 is 0 Å². The van der Waals surface area contributed by atoms with Crippen molar-refractivity contribution >= 4 is 0 Å². The van der Waals surface area contributed by atoms with Crippen molar-refractivity contribution in [2.24, 2.45) is 5.92 Å². The molecule has 1 fully saturated rings. The van der Waals surface area contributed by atoms with Crippen LogP contribution < -0.4 is 0 Å². The largest absolute Gasteiger partial charge is 0.472 e. The summed E-state index contributed by atoms with van der Waals surface area (Å²) >= 11 is 0. The molecule has 0 aliphatic carbocycles. The number of hydrogen-bond acceptors (Lipinski definition) is 6. The Kier molecular flexibility index (Phi) is 3.12. The van der Waals surface area contributed by atoms with Crippen LogP contribution in [-0.4, -0.2) is 39.8 Å². The van der Waals surface area contributed by atoms with Gasteiger partial charge in [0.1, 0.15) is 6.26 Å². The maximum absolute atomic E-state index is 9.09. The molecule has 1 saturated heterocycles. The first-order chi connectivity index (χ1) is 8.85. The van der Waals surface area contributed by atoms with Crippen molar-refractivity contribution in [1.29, 1.82) is 0 Å². The minimum absolute atomic E-state index is 0.251. The molecule has 0 aromatic carbocycles. The van der Waals surface area contributed by atoms with Crippen LogP contribution in [0.25, 0.3) is 11.4 Å². The highest BCUT2D eigenvalue weighted by atomic mass is 16.5. The van der Waals surface area contributed by atoms with Gasteiger partial charge in [0, 0.05) is 13.2 Å². The third-order valence-electron chi connectivity index (χ3n) is 3.23. The van der Waals surface area contributed by atoms with Crippen molar-refractivity contribution in [3.63, 3.8) is 0 Å². The Bertz CT molecular complexity index is 494. The van der Waals surface area contributed by atoms with Gasteiger partial charge in [0.25, 0.3) is 0 Å². The quantitative estimate of drug-likeness (QED) is 0.875. The van der Waals surface area contributed by atoms with Crippen LogP contribution in [0.4, 0.5) is 0 Å². The van der Waals surface area contributed by atoms with E-state index in [0.29, 0.717) is 24.2 Å². The Balaban J connectivity index is 1.64. The summed E-state index contributed by atoms with van der Waals surface area (Å²) in [7, 11) is 0. The third-order valence-corrected chi connectivity index (χ3v) is 3.23. The highest BCUT2D eigenvalue weighted by molar-refractivity contribution is 5.51. The van der Waals surface area contributed by atoms with Gasteiger partial charge in [-0.2, -0.15) is 4.98 Å². The summed E-state index contributed by atoms with van der Waals surface area (Å²) in [6.07, 6.45) is 4.20. The van der Waals surface area contributed by atoms with E-state index in [9.17, 15) is 0 Å². The van der Waals surface area contributed by atoms with Crippen LogP contribution in [0, 0.1) is 5.92 Å². The molecule has 2 aromatic rings. The molecule has 6 nitrogen and oxygen atoms in total. The molecule has 1 aliphatic heterocycles. The second-order valence-corrected chi connectivity index (χ2v) is 4.60. The molecule has 3 rings (SSSR count). The lowest BCUT2D eigenvalue weighted by atomic mass is 10.1. The molecular formula is C12H15N3O3. The first-order valence-electron chi connectivity index (χ1n) is 6.03. The number of aliphatic hydroxyl groups is 1. The van der Waals surface area contributed by atoms with Gasteiger partial charge in [-0.05, 0) is 24.9 Å². The zero-order valence-electron chi connectivity index (χ0n) is 9.95. The van der Waals surface area contributed by atoms with Crippen LogP contribution in [0.2, 0.25) is 0 Å². The van der Waals surface area contributed by atoms with Gasteiger partial charge in [-0.1, -0.05) is 5.16 Å². The Morgan fingerprint density at radius 2 is 2.44 bits per heavy atom. The lowest BCUT2D eigenvalue weighted by Crippen LogP contribution is -2.21. The minimum Gasteiger partial charge on any atom is -0.472 e. The third kappa shape index (κ3) is 2.30. The maximum Gasteiger partial charge on any atom is 0.241 e. The fraction of sp³-hybridized carbons (Fsp3) is 0.500. The van der Waals surface area contributed by atoms with E-state index in [1.807, 2.05) is 0 Å². The van der Waals surface area contributed by atoms with Gasteiger partial charge >= 0.3 is 0 Å². The van der Waals surface area contributed by atoms with E-state index in [1.165, 1.54) is 0 Å². The van der Waals surface area contributed by atoms with Gasteiger partial charge in [-0.15, -0.1) is 0 Å². The summed E-state index contributed by atoms with van der Waals surface area (Å²) in [5.74, 6) is 1.53. The summed E-state index contributed by atoms with van der Waals surface area (Å²) in [4.78, 5) is 6.54. The minimum atomic E-state index is 0.251. The number of likely N-dealkylation sites (tertiary alicyclic amines) is 1. The number of aliphatic hydroxyl groups excluding tert-OH is 1. The van der Waals surface area contributed by atoms with Gasteiger partial charge in [0.15, 0.2) is 0 Å². The monoisotopic (exact) mass is 249 g/mol. The summed E-state index contributed by atoms with van der Waals surface area (Å²) in [6.45, 7) is 2.75. The van der Waals surface area contributed by atoms with E-state index < -0.39 is 0 Å². The molecule has 1 aliphatic rings. The molecule has 3 heterocycles. The lowest BCUT2D eigenvalue weighted by Gasteiger charge is -2.11. The van der Waals surface area contributed by atoms with Crippen LogP contribution in [0.5, 0.6) is 0 Å². The first-order valence-corrected chi connectivity index (χ1v) is 6.03. The number of nitrogens with zero attached hydrogens (tertiary/aromatic N) is 3. The molecule has 6 heteroatoms. The Hall–Kier alpha value is -1.66. The van der Waals surface area contributed by atoms with Gasteiger partial charge in [0.2, 0.25) is 11.7 Å². The number of furan rings is 1. The molecule has 0 bridgehead atoms. The van der Waals surface area contributed by atoms with E-state index in [4.69, 9.17) is 14.0 Å². The number of rotatable bonds is 4. The number of aromatic nitrogens is 2. The fourth-order valence-electron chi connectivity index (χ4n) is 2.22. The molecule has 1 atom stereocenters. The van der Waals surface area contributed by atoms with Crippen molar-refractivity contribution in [3.05, 3.63) is 24.5 Å². The number of hydrogen-bond donors (Lipinski definition) is 1. The van der Waals surface area contributed by atoms with E-state index in [0.717, 1.165) is 25.1 Å². The van der Waals surface area contributed by atoms with Crippen LogP contribution in [-0.2, 0) is 6.54 Å².